The van der Waals surface area contributed by atoms with Crippen molar-refractivity contribution in [3.8, 4) is 0 Å². The number of carbonyl (C=O) groups excluding carboxylic acids is 4. The molecule has 0 heterocycles. The van der Waals surface area contributed by atoms with E-state index in [1.54, 1.807) is 0 Å². The van der Waals surface area contributed by atoms with E-state index in [0.717, 1.165) is 0 Å². The third-order valence-corrected chi connectivity index (χ3v) is 7.06. The van der Waals surface area contributed by atoms with Gasteiger partial charge in [0.2, 0.25) is 0 Å². The molecule has 0 atom stereocenters. The van der Waals surface area contributed by atoms with Crippen molar-refractivity contribution >= 4 is 35.8 Å². The fourth-order valence-corrected chi connectivity index (χ4v) is 4.89. The van der Waals surface area contributed by atoms with Crippen molar-refractivity contribution in [1.82, 2.24) is 0 Å². The first-order valence-electron chi connectivity index (χ1n) is 13.9. The third kappa shape index (κ3) is 9.25. The predicted octanol–water partition coefficient (Wildman–Crippen LogP) is 9.19. The lowest BCUT2D eigenvalue weighted by molar-refractivity contribution is -0.142. The molecule has 0 amide bonds. The van der Waals surface area contributed by atoms with E-state index in [-0.39, 0.29) is 0 Å². The zero-order chi connectivity index (χ0) is 45.0. The number of hydrogen-bond donors (Lipinski definition) is 2. The second kappa shape index (κ2) is 14.8. The van der Waals surface area contributed by atoms with E-state index in [4.69, 9.17) is 0 Å². The SMILES string of the molecule is O=C(O)c1c(C(F)(F)F)ccc(C(F)(F)F)c1C(=O)OC(=O)c1c(C(F)(F)F)ccc(C(F)(F)F)c1C(=O)OC(=O)c1c(C(F)(F)F)ccc(C(F)(F)F)c1C(=O)O. The van der Waals surface area contributed by atoms with Crippen LogP contribution < -0.4 is 0 Å². The first-order chi connectivity index (χ1) is 25.9. The molecular weight excluding hydrogens is 862 g/mol. The summed E-state index contributed by atoms with van der Waals surface area (Å²) in [5, 5.41) is 18.5. The Hall–Kier alpha value is -6.38. The number of rotatable bonds is 6. The normalized spacial score (nSPS) is 12.9. The van der Waals surface area contributed by atoms with E-state index in [9.17, 15) is 118 Å². The maximum Gasteiger partial charge on any atom is 0.417 e. The van der Waals surface area contributed by atoms with Gasteiger partial charge in [-0.2, -0.15) is 79.0 Å². The predicted molar refractivity (Wildman–Crippen MR) is 143 cm³/mol. The van der Waals surface area contributed by atoms with Crippen molar-refractivity contribution in [2.75, 3.05) is 0 Å². The molecule has 58 heavy (non-hydrogen) atoms. The highest BCUT2D eigenvalue weighted by Gasteiger charge is 2.49. The average molecular weight is 870 g/mol. The van der Waals surface area contributed by atoms with E-state index in [1.165, 1.54) is 0 Å². The summed E-state index contributed by atoms with van der Waals surface area (Å²) >= 11 is 0. The topological polar surface area (TPSA) is 161 Å². The average Bonchev–Trinajstić information content (AvgIpc) is 3.03. The van der Waals surface area contributed by atoms with Crippen LogP contribution in [0.2, 0.25) is 0 Å². The molecule has 0 aliphatic heterocycles. The molecule has 3 rings (SSSR count). The maximum absolute atomic E-state index is 14.1. The highest BCUT2D eigenvalue weighted by molar-refractivity contribution is 6.15. The second-order valence-electron chi connectivity index (χ2n) is 10.7. The van der Waals surface area contributed by atoms with Crippen molar-refractivity contribution in [2.24, 2.45) is 0 Å². The molecule has 10 nitrogen and oxygen atoms in total. The van der Waals surface area contributed by atoms with E-state index in [1.807, 2.05) is 0 Å². The van der Waals surface area contributed by atoms with Gasteiger partial charge >= 0.3 is 72.9 Å². The van der Waals surface area contributed by atoms with E-state index >= 15 is 0 Å². The van der Waals surface area contributed by atoms with E-state index < -0.39 is 176 Å². The molecule has 28 heteroatoms. The Balaban J connectivity index is 2.43. The van der Waals surface area contributed by atoms with Crippen molar-refractivity contribution in [3.63, 3.8) is 0 Å². The number of benzene rings is 3. The lowest BCUT2D eigenvalue weighted by atomic mass is 9.93. The summed E-state index contributed by atoms with van der Waals surface area (Å²) in [4.78, 5) is 75.1. The quantitative estimate of drug-likeness (QED) is 0.139. The van der Waals surface area contributed by atoms with Gasteiger partial charge in [-0.25, -0.2) is 28.8 Å². The Kier molecular flexibility index (Phi) is 11.8. The fraction of sp³-hybridized carbons (Fsp3) is 0.200. The van der Waals surface area contributed by atoms with Crippen molar-refractivity contribution in [2.45, 2.75) is 37.1 Å². The number of carboxylic acid groups (broad SMARTS) is 2. The minimum absolute atomic E-state index is 0.588. The van der Waals surface area contributed by atoms with Gasteiger partial charge in [0.1, 0.15) is 0 Å². The number of ether oxygens (including phenoxy) is 2. The summed E-state index contributed by atoms with van der Waals surface area (Å²) in [6.07, 6.45) is -36.8. The van der Waals surface area contributed by atoms with Crippen molar-refractivity contribution < 1.29 is 127 Å². The Morgan fingerprint density at radius 1 is 0.310 bits per heavy atom. The number of alkyl halides is 18. The molecule has 0 saturated heterocycles. The van der Waals surface area contributed by atoms with E-state index in [2.05, 4.69) is 9.47 Å². The number of halogens is 18. The summed E-state index contributed by atoms with van der Waals surface area (Å²) in [6.45, 7) is 0. The lowest BCUT2D eigenvalue weighted by Crippen LogP contribution is -2.29. The van der Waals surface area contributed by atoms with E-state index in [0.29, 0.717) is 0 Å². The minimum Gasteiger partial charge on any atom is -0.478 e. The maximum atomic E-state index is 14.1. The molecule has 3 aromatic rings. The standard InChI is InChI=1S/C30H8F18O10/c31-25(32,33)7-1-3-9(27(37,38)39)15(13(7)19(49)50)21(53)57-23(55)17-11(29(43,44)45)5-6-12(30(46,47)48)18(17)24(56)58-22(54)16-10(28(40,41)42)4-2-8(26(34,35)36)14(16)20(51)52/h1-6H,(H,49,50)(H,51,52). The Morgan fingerprint density at radius 2 is 0.448 bits per heavy atom. The van der Waals surface area contributed by atoms with Crippen LogP contribution >= 0.6 is 0 Å². The molecule has 0 radical (unpaired) electrons. The van der Waals surface area contributed by atoms with Gasteiger partial charge < -0.3 is 19.7 Å². The number of carbonyl (C=O) groups is 6. The molecule has 0 aliphatic rings. The molecule has 314 valence electrons. The van der Waals surface area contributed by atoms with Crippen LogP contribution in [-0.4, -0.2) is 46.0 Å². The second-order valence-corrected chi connectivity index (χ2v) is 10.7. The molecule has 3 aromatic carbocycles. The summed E-state index contributed by atoms with van der Waals surface area (Å²) in [5.74, 6) is -19.7. The molecule has 0 fully saturated rings. The number of carboxylic acids is 2. The summed E-state index contributed by atoms with van der Waals surface area (Å²) in [7, 11) is 0. The summed E-state index contributed by atoms with van der Waals surface area (Å²) < 4.78 is 255. The lowest BCUT2D eigenvalue weighted by Gasteiger charge is -2.21. The summed E-state index contributed by atoms with van der Waals surface area (Å²) in [5.41, 5.74) is -33.9. The van der Waals surface area contributed by atoms with Crippen LogP contribution in [0.1, 0.15) is 95.5 Å². The largest absolute Gasteiger partial charge is 0.478 e. The van der Waals surface area contributed by atoms with Gasteiger partial charge in [0.15, 0.2) is 0 Å². The Labute approximate surface area is 304 Å². The van der Waals surface area contributed by atoms with Crippen molar-refractivity contribution in [1.29, 1.82) is 0 Å². The molecule has 2 N–H and O–H groups in total. The van der Waals surface area contributed by atoms with Gasteiger partial charge in [-0.05, 0) is 36.4 Å². The van der Waals surface area contributed by atoms with Gasteiger partial charge in [0, 0.05) is 0 Å². The van der Waals surface area contributed by atoms with Gasteiger partial charge in [-0.1, -0.05) is 0 Å². The number of aromatic carboxylic acids is 2. The van der Waals surface area contributed by atoms with Crippen LogP contribution in [-0.2, 0) is 46.5 Å². The number of esters is 4. The zero-order valence-corrected chi connectivity index (χ0v) is 26.4. The van der Waals surface area contributed by atoms with Crippen molar-refractivity contribution in [3.05, 3.63) is 103 Å². The van der Waals surface area contributed by atoms with Gasteiger partial charge in [-0.3, -0.25) is 0 Å². The highest BCUT2D eigenvalue weighted by Crippen LogP contribution is 2.44. The Bertz CT molecular complexity index is 2080. The summed E-state index contributed by atoms with van der Waals surface area (Å²) in [6, 6.07) is -4.10. The van der Waals surface area contributed by atoms with Crippen LogP contribution in [0.5, 0.6) is 0 Å². The van der Waals surface area contributed by atoms with Crippen LogP contribution in [0, 0.1) is 0 Å². The van der Waals surface area contributed by atoms with Crippen LogP contribution in [0.3, 0.4) is 0 Å². The van der Waals surface area contributed by atoms with Gasteiger partial charge in [0.25, 0.3) is 0 Å². The first-order valence-corrected chi connectivity index (χ1v) is 13.9. The number of hydrogen-bond acceptors (Lipinski definition) is 8. The molecule has 0 spiro atoms. The molecule has 0 bridgehead atoms. The van der Waals surface area contributed by atoms with Crippen LogP contribution in [0.4, 0.5) is 79.0 Å². The third-order valence-electron chi connectivity index (χ3n) is 7.06. The monoisotopic (exact) mass is 870 g/mol. The minimum atomic E-state index is -6.32. The zero-order valence-electron chi connectivity index (χ0n) is 26.4. The highest BCUT2D eigenvalue weighted by atomic mass is 19.4. The van der Waals surface area contributed by atoms with Gasteiger partial charge in [0.05, 0.1) is 66.8 Å². The Morgan fingerprint density at radius 3 is 0.586 bits per heavy atom. The smallest absolute Gasteiger partial charge is 0.417 e. The molecule has 0 aromatic heterocycles. The fourth-order valence-electron chi connectivity index (χ4n) is 4.89. The first kappa shape index (κ1) is 46.0. The van der Waals surface area contributed by atoms with Crippen LogP contribution in [0.15, 0.2) is 36.4 Å². The van der Waals surface area contributed by atoms with Crippen LogP contribution in [0.25, 0.3) is 0 Å². The van der Waals surface area contributed by atoms with Gasteiger partial charge in [-0.15, -0.1) is 0 Å². The molecule has 0 aliphatic carbocycles. The molecule has 0 saturated carbocycles. The molecular formula is C30H8F18O10. The molecule has 0 unspecified atom stereocenters.